The Labute approximate surface area is 132 Å². The molecular formula is C15H24N2O4S. The maximum Gasteiger partial charge on any atom is 0.242 e. The number of nitrogens with one attached hydrogen (secondary N) is 1. The van der Waals surface area contributed by atoms with Gasteiger partial charge in [-0.1, -0.05) is 24.6 Å². The fourth-order valence-corrected chi connectivity index (χ4v) is 3.31. The molecule has 22 heavy (non-hydrogen) atoms. The number of hydrogen-bond acceptors (Lipinski definition) is 4. The van der Waals surface area contributed by atoms with Crippen LogP contribution >= 0.6 is 0 Å². The molecule has 124 valence electrons. The van der Waals surface area contributed by atoms with E-state index in [9.17, 15) is 13.2 Å². The second-order valence-electron chi connectivity index (χ2n) is 5.20. The molecule has 1 N–H and O–H groups in total. The van der Waals surface area contributed by atoms with Crippen molar-refractivity contribution in [3.05, 3.63) is 29.8 Å². The van der Waals surface area contributed by atoms with Gasteiger partial charge in [0.2, 0.25) is 15.9 Å². The molecule has 6 nitrogen and oxygen atoms in total. The zero-order valence-electron chi connectivity index (χ0n) is 13.7. The van der Waals surface area contributed by atoms with Crippen molar-refractivity contribution in [3.8, 4) is 0 Å². The molecule has 0 saturated heterocycles. The molecule has 1 rings (SSSR count). The lowest BCUT2D eigenvalue weighted by atomic mass is 10.2. The van der Waals surface area contributed by atoms with E-state index in [1.807, 2.05) is 13.8 Å². The molecule has 1 aromatic carbocycles. The largest absolute Gasteiger partial charge is 0.362 e. The van der Waals surface area contributed by atoms with Crippen LogP contribution in [0, 0.1) is 6.92 Å². The minimum Gasteiger partial charge on any atom is -0.362 e. The van der Waals surface area contributed by atoms with Gasteiger partial charge in [0, 0.05) is 14.2 Å². The molecule has 1 unspecified atom stereocenters. The Morgan fingerprint density at radius 3 is 2.32 bits per heavy atom. The summed E-state index contributed by atoms with van der Waals surface area (Å²) in [4.78, 5) is 13.8. The highest BCUT2D eigenvalue weighted by Gasteiger charge is 2.27. The normalized spacial score (nSPS) is 14.4. The summed E-state index contributed by atoms with van der Waals surface area (Å²) in [5.74, 6) is -0.343. The lowest BCUT2D eigenvalue weighted by molar-refractivity contribution is -0.142. The van der Waals surface area contributed by atoms with Gasteiger partial charge in [0.05, 0.1) is 10.9 Å². The number of sulfonamides is 1. The van der Waals surface area contributed by atoms with Gasteiger partial charge >= 0.3 is 0 Å². The summed E-state index contributed by atoms with van der Waals surface area (Å²) in [7, 11) is -0.625. The van der Waals surface area contributed by atoms with Gasteiger partial charge < -0.3 is 9.64 Å². The second-order valence-corrected chi connectivity index (χ2v) is 6.92. The van der Waals surface area contributed by atoms with Crippen LogP contribution in [0.25, 0.3) is 0 Å². The SMILES string of the molecule is CCC(OC)N(C)C(=O)[C@@H](C)NS(=O)(=O)c1ccc(C)cc1. The molecule has 0 radical (unpaired) electrons. The number of carbonyl (C=O) groups excluding carboxylic acids is 1. The van der Waals surface area contributed by atoms with Crippen LogP contribution in [-0.2, 0) is 19.6 Å². The molecule has 0 saturated carbocycles. The van der Waals surface area contributed by atoms with Crippen LogP contribution < -0.4 is 4.72 Å². The molecule has 0 bridgehead atoms. The monoisotopic (exact) mass is 328 g/mol. The molecular weight excluding hydrogens is 304 g/mol. The first-order valence-corrected chi connectivity index (χ1v) is 8.59. The van der Waals surface area contributed by atoms with Crippen LogP contribution in [0.3, 0.4) is 0 Å². The van der Waals surface area contributed by atoms with Crippen LogP contribution in [0.15, 0.2) is 29.2 Å². The van der Waals surface area contributed by atoms with Gasteiger partial charge in [-0.25, -0.2) is 8.42 Å². The number of carbonyl (C=O) groups is 1. The Morgan fingerprint density at radius 1 is 1.32 bits per heavy atom. The van der Waals surface area contributed by atoms with E-state index in [-0.39, 0.29) is 17.0 Å². The van der Waals surface area contributed by atoms with E-state index in [2.05, 4.69) is 4.72 Å². The average molecular weight is 328 g/mol. The van der Waals surface area contributed by atoms with Gasteiger partial charge in [-0.3, -0.25) is 4.79 Å². The zero-order chi connectivity index (χ0) is 16.9. The second kappa shape index (κ2) is 7.71. The molecule has 2 atom stereocenters. The van der Waals surface area contributed by atoms with Crippen molar-refractivity contribution < 1.29 is 17.9 Å². The minimum atomic E-state index is -3.73. The Hall–Kier alpha value is -1.44. The fraction of sp³-hybridized carbons (Fsp3) is 0.533. The van der Waals surface area contributed by atoms with Crippen molar-refractivity contribution >= 4 is 15.9 Å². The number of ether oxygens (including phenoxy) is 1. The third-order valence-corrected chi connectivity index (χ3v) is 4.99. The maximum atomic E-state index is 12.3. The zero-order valence-corrected chi connectivity index (χ0v) is 14.5. The number of rotatable bonds is 7. The molecule has 0 aliphatic heterocycles. The Kier molecular flexibility index (Phi) is 6.52. The van der Waals surface area contributed by atoms with Gasteiger partial charge in [0.15, 0.2) is 0 Å². The lowest BCUT2D eigenvalue weighted by Gasteiger charge is -2.28. The van der Waals surface area contributed by atoms with Crippen LogP contribution in [0.1, 0.15) is 25.8 Å². The van der Waals surface area contributed by atoms with Crippen LogP contribution in [0.2, 0.25) is 0 Å². The van der Waals surface area contributed by atoms with E-state index in [0.717, 1.165) is 5.56 Å². The third kappa shape index (κ3) is 4.53. The molecule has 1 aromatic rings. The van der Waals surface area contributed by atoms with Crippen molar-refractivity contribution in [2.75, 3.05) is 14.2 Å². The summed E-state index contributed by atoms with van der Waals surface area (Å²) in [5.41, 5.74) is 0.966. The van der Waals surface area contributed by atoms with Gasteiger partial charge in [-0.2, -0.15) is 4.72 Å². The standard InChI is InChI=1S/C15H24N2O4S/c1-6-14(21-5)17(4)15(18)12(3)16-22(19,20)13-9-7-11(2)8-10-13/h7-10,12,14,16H,6H2,1-5H3/t12-,14?/m1/s1. The number of benzene rings is 1. The molecule has 0 aliphatic carbocycles. The van der Waals surface area contributed by atoms with Crippen molar-refractivity contribution in [2.45, 2.75) is 44.4 Å². The first kappa shape index (κ1) is 18.6. The number of aryl methyl sites for hydroxylation is 1. The molecule has 0 aromatic heterocycles. The molecule has 1 amide bonds. The summed E-state index contributed by atoms with van der Waals surface area (Å²) in [6.45, 7) is 5.28. The number of nitrogens with zero attached hydrogens (tertiary/aromatic N) is 1. The van der Waals surface area contributed by atoms with Crippen molar-refractivity contribution in [2.24, 2.45) is 0 Å². The topological polar surface area (TPSA) is 75.7 Å². The fourth-order valence-electron chi connectivity index (χ4n) is 2.11. The number of amides is 1. The molecule has 7 heteroatoms. The van der Waals surface area contributed by atoms with Crippen LogP contribution in [-0.4, -0.2) is 45.7 Å². The highest BCUT2D eigenvalue weighted by molar-refractivity contribution is 7.89. The maximum absolute atomic E-state index is 12.3. The van der Waals surface area contributed by atoms with Crippen molar-refractivity contribution in [1.82, 2.24) is 9.62 Å². The molecule has 0 fully saturated rings. The highest BCUT2D eigenvalue weighted by Crippen LogP contribution is 2.12. The molecule has 0 spiro atoms. The van der Waals surface area contributed by atoms with Gasteiger partial charge in [-0.05, 0) is 32.4 Å². The predicted molar refractivity (Wildman–Crippen MR) is 84.8 cm³/mol. The smallest absolute Gasteiger partial charge is 0.242 e. The molecule has 0 heterocycles. The van der Waals surface area contributed by atoms with Gasteiger partial charge in [0.1, 0.15) is 6.23 Å². The summed E-state index contributed by atoms with van der Waals surface area (Å²) >= 11 is 0. The highest BCUT2D eigenvalue weighted by atomic mass is 32.2. The number of likely N-dealkylation sites (N-methyl/N-ethyl adjacent to an activating group) is 1. The molecule has 0 aliphatic rings. The summed E-state index contributed by atoms with van der Waals surface area (Å²) < 4.78 is 32.1. The summed E-state index contributed by atoms with van der Waals surface area (Å²) in [5, 5.41) is 0. The third-order valence-electron chi connectivity index (χ3n) is 3.43. The van der Waals surface area contributed by atoms with Gasteiger partial charge in [-0.15, -0.1) is 0 Å². The Bertz CT molecular complexity index is 594. The van der Waals surface area contributed by atoms with E-state index in [0.29, 0.717) is 6.42 Å². The predicted octanol–water partition coefficient (Wildman–Crippen LogP) is 1.50. The number of methoxy groups -OCH3 is 1. The summed E-state index contributed by atoms with van der Waals surface area (Å²) in [6.07, 6.45) is 0.245. The van der Waals surface area contributed by atoms with E-state index >= 15 is 0 Å². The summed E-state index contributed by atoms with van der Waals surface area (Å²) in [6, 6.07) is 5.59. The minimum absolute atomic E-state index is 0.138. The Balaban J connectivity index is 2.84. The van der Waals surface area contributed by atoms with E-state index in [4.69, 9.17) is 4.74 Å². The number of hydrogen-bond donors (Lipinski definition) is 1. The first-order valence-electron chi connectivity index (χ1n) is 7.11. The van der Waals surface area contributed by atoms with E-state index < -0.39 is 16.1 Å². The van der Waals surface area contributed by atoms with Gasteiger partial charge in [0.25, 0.3) is 0 Å². The first-order chi connectivity index (χ1) is 10.2. The Morgan fingerprint density at radius 2 is 1.86 bits per heavy atom. The average Bonchev–Trinajstić information content (AvgIpc) is 2.47. The van der Waals surface area contributed by atoms with Crippen molar-refractivity contribution in [3.63, 3.8) is 0 Å². The van der Waals surface area contributed by atoms with Crippen molar-refractivity contribution in [1.29, 1.82) is 0 Å². The van der Waals surface area contributed by atoms with Crippen LogP contribution in [0.5, 0.6) is 0 Å². The van der Waals surface area contributed by atoms with E-state index in [1.54, 1.807) is 19.2 Å². The van der Waals surface area contributed by atoms with E-state index in [1.165, 1.54) is 31.1 Å². The van der Waals surface area contributed by atoms with Crippen LogP contribution in [0.4, 0.5) is 0 Å². The lowest BCUT2D eigenvalue weighted by Crippen LogP contribution is -2.49. The quantitative estimate of drug-likeness (QED) is 0.770.